The topological polar surface area (TPSA) is 92.9 Å². The molecule has 106 valence electrons. The lowest BCUT2D eigenvalue weighted by Crippen LogP contribution is -2.30. The monoisotopic (exact) mass is 275 g/mol. The molecule has 0 spiro atoms. The summed E-state index contributed by atoms with van der Waals surface area (Å²) < 4.78 is 4.87. The highest BCUT2D eigenvalue weighted by Gasteiger charge is 2.08. The molecule has 2 N–H and O–H groups in total. The molecule has 0 saturated heterocycles. The highest BCUT2D eigenvalue weighted by atomic mass is 16.5. The van der Waals surface area contributed by atoms with Gasteiger partial charge in [-0.2, -0.15) is 4.98 Å². The largest absolute Gasteiger partial charge is 0.337 e. The number of pyridine rings is 1. The Morgan fingerprint density at radius 1 is 1.45 bits per heavy atom. The molecule has 0 aromatic carbocycles. The Hall–Kier alpha value is -2.44. The molecule has 0 bridgehead atoms. The Morgan fingerprint density at radius 2 is 2.30 bits per heavy atom. The van der Waals surface area contributed by atoms with Crippen LogP contribution in [0.3, 0.4) is 0 Å². The van der Waals surface area contributed by atoms with Crippen molar-refractivity contribution >= 4 is 12.0 Å². The van der Waals surface area contributed by atoms with Crippen LogP contribution in [0.2, 0.25) is 0 Å². The highest BCUT2D eigenvalue weighted by molar-refractivity contribution is 5.86. The van der Waals surface area contributed by atoms with Gasteiger partial charge in [-0.1, -0.05) is 12.1 Å². The molecule has 2 aromatic heterocycles. The third-order valence-electron chi connectivity index (χ3n) is 2.82. The van der Waals surface area contributed by atoms with Gasteiger partial charge in [-0.05, 0) is 30.5 Å². The zero-order chi connectivity index (χ0) is 14.4. The van der Waals surface area contributed by atoms with E-state index in [2.05, 4.69) is 25.8 Å². The van der Waals surface area contributed by atoms with Crippen molar-refractivity contribution < 1.29 is 9.32 Å². The molecule has 0 radical (unpaired) electrons. The van der Waals surface area contributed by atoms with Crippen LogP contribution in [0.25, 0.3) is 0 Å². The van der Waals surface area contributed by atoms with Crippen molar-refractivity contribution in [3.63, 3.8) is 0 Å². The van der Waals surface area contributed by atoms with Gasteiger partial charge in [-0.3, -0.25) is 10.3 Å². The van der Waals surface area contributed by atoms with Crippen molar-refractivity contribution in [3.8, 4) is 0 Å². The van der Waals surface area contributed by atoms with Crippen LogP contribution in [-0.4, -0.2) is 27.7 Å². The number of nitrogens with zero attached hydrogens (tertiary/aromatic N) is 3. The van der Waals surface area contributed by atoms with E-state index in [0.29, 0.717) is 18.8 Å². The lowest BCUT2D eigenvalue weighted by atomic mass is 10.1. The van der Waals surface area contributed by atoms with E-state index in [1.165, 1.54) is 0 Å². The van der Waals surface area contributed by atoms with Crippen molar-refractivity contribution in [2.75, 3.05) is 11.9 Å². The molecule has 0 aliphatic heterocycles. The summed E-state index contributed by atoms with van der Waals surface area (Å²) in [5, 5.41) is 8.92. The minimum atomic E-state index is -0.358. The van der Waals surface area contributed by atoms with E-state index in [4.69, 9.17) is 4.52 Å². The molecule has 7 nitrogen and oxygen atoms in total. The fourth-order valence-corrected chi connectivity index (χ4v) is 1.68. The van der Waals surface area contributed by atoms with Crippen LogP contribution in [0.4, 0.5) is 10.8 Å². The quantitative estimate of drug-likeness (QED) is 0.866. The average molecular weight is 275 g/mol. The molecule has 2 rings (SSSR count). The molecular formula is C13H17N5O2. The van der Waals surface area contributed by atoms with Gasteiger partial charge in [-0.25, -0.2) is 4.79 Å². The van der Waals surface area contributed by atoms with Gasteiger partial charge in [0.1, 0.15) is 0 Å². The molecule has 0 fully saturated rings. The number of amides is 2. The summed E-state index contributed by atoms with van der Waals surface area (Å²) in [6.45, 7) is 4.42. The Kier molecular flexibility index (Phi) is 4.65. The summed E-state index contributed by atoms with van der Waals surface area (Å²) in [5.74, 6) is 0.563. The maximum absolute atomic E-state index is 11.6. The van der Waals surface area contributed by atoms with E-state index in [-0.39, 0.29) is 12.0 Å². The Labute approximate surface area is 116 Å². The maximum Gasteiger partial charge on any atom is 0.329 e. The Bertz CT molecular complexity index is 582. The second-order valence-corrected chi connectivity index (χ2v) is 4.30. The first-order valence-electron chi connectivity index (χ1n) is 6.46. The Balaban J connectivity index is 1.77. The van der Waals surface area contributed by atoms with E-state index in [9.17, 15) is 4.79 Å². The van der Waals surface area contributed by atoms with Crippen LogP contribution in [-0.2, 0) is 12.8 Å². The van der Waals surface area contributed by atoms with Gasteiger partial charge in [0, 0.05) is 25.4 Å². The van der Waals surface area contributed by atoms with Crippen LogP contribution >= 0.6 is 0 Å². The second-order valence-electron chi connectivity index (χ2n) is 4.30. The third kappa shape index (κ3) is 3.78. The molecule has 2 amide bonds. The van der Waals surface area contributed by atoms with Crippen LogP contribution in [0.5, 0.6) is 0 Å². The molecule has 2 heterocycles. The van der Waals surface area contributed by atoms with Crippen LogP contribution in [0, 0.1) is 6.92 Å². The number of carbonyl (C=O) groups excluding carboxylic acids is 1. The summed E-state index contributed by atoms with van der Waals surface area (Å²) >= 11 is 0. The molecule has 2 aromatic rings. The van der Waals surface area contributed by atoms with Crippen LogP contribution in [0.1, 0.15) is 23.9 Å². The van der Waals surface area contributed by atoms with Crippen molar-refractivity contribution in [2.45, 2.75) is 26.7 Å². The minimum Gasteiger partial charge on any atom is -0.337 e. The molecule has 0 atom stereocenters. The van der Waals surface area contributed by atoms with Gasteiger partial charge in [-0.15, -0.1) is 0 Å². The summed E-state index contributed by atoms with van der Waals surface area (Å²) in [4.78, 5) is 19.6. The van der Waals surface area contributed by atoms with E-state index < -0.39 is 0 Å². The van der Waals surface area contributed by atoms with Crippen molar-refractivity contribution in [3.05, 3.63) is 35.4 Å². The number of hydrogen-bond acceptors (Lipinski definition) is 5. The van der Waals surface area contributed by atoms with Gasteiger partial charge in [0.2, 0.25) is 0 Å². The first-order valence-corrected chi connectivity index (χ1v) is 6.46. The van der Waals surface area contributed by atoms with Crippen LogP contribution in [0.15, 0.2) is 23.0 Å². The van der Waals surface area contributed by atoms with Gasteiger partial charge in [0.25, 0.3) is 0 Å². The van der Waals surface area contributed by atoms with E-state index in [0.717, 1.165) is 17.5 Å². The van der Waals surface area contributed by atoms with Crippen molar-refractivity contribution in [1.82, 2.24) is 20.4 Å². The summed E-state index contributed by atoms with van der Waals surface area (Å²) in [6, 6.07) is 1.70. The standard InChI is InChI=1S/C13H17N5O2/c1-3-11-16-13(20-18-11)17-12(19)15-7-5-10-4-6-14-8-9(10)2/h4,6,8H,3,5,7H2,1-2H3,(H2,15,16,17,18,19). The lowest BCUT2D eigenvalue weighted by molar-refractivity contribution is 0.251. The van der Waals surface area contributed by atoms with Crippen molar-refractivity contribution in [2.24, 2.45) is 0 Å². The average Bonchev–Trinajstić information content (AvgIpc) is 2.88. The fourth-order valence-electron chi connectivity index (χ4n) is 1.68. The number of anilines is 1. The molecule has 20 heavy (non-hydrogen) atoms. The number of urea groups is 1. The third-order valence-corrected chi connectivity index (χ3v) is 2.82. The molecule has 0 saturated carbocycles. The molecule has 0 aliphatic rings. The van der Waals surface area contributed by atoms with Crippen molar-refractivity contribution in [1.29, 1.82) is 0 Å². The summed E-state index contributed by atoms with van der Waals surface area (Å²) in [5.41, 5.74) is 2.27. The second kappa shape index (κ2) is 6.65. The smallest absolute Gasteiger partial charge is 0.329 e. The number of rotatable bonds is 5. The lowest BCUT2D eigenvalue weighted by Gasteiger charge is -2.06. The normalized spacial score (nSPS) is 10.3. The van der Waals surface area contributed by atoms with Crippen LogP contribution < -0.4 is 10.6 Å². The number of hydrogen-bond donors (Lipinski definition) is 2. The highest BCUT2D eigenvalue weighted by Crippen LogP contribution is 2.05. The Morgan fingerprint density at radius 3 is 3.00 bits per heavy atom. The SMILES string of the molecule is CCc1noc(NC(=O)NCCc2ccncc2C)n1. The zero-order valence-corrected chi connectivity index (χ0v) is 11.5. The summed E-state index contributed by atoms with van der Waals surface area (Å²) in [6.07, 6.45) is 4.95. The predicted molar refractivity (Wildman–Crippen MR) is 73.4 cm³/mol. The zero-order valence-electron chi connectivity index (χ0n) is 11.5. The summed E-state index contributed by atoms with van der Waals surface area (Å²) in [7, 11) is 0. The first kappa shape index (κ1) is 14.0. The predicted octanol–water partition coefficient (Wildman–Crippen LogP) is 1.70. The van der Waals surface area contributed by atoms with Gasteiger partial charge >= 0.3 is 12.0 Å². The van der Waals surface area contributed by atoms with Gasteiger partial charge < -0.3 is 9.84 Å². The minimum absolute atomic E-state index is 0.111. The number of nitrogens with one attached hydrogen (secondary N) is 2. The maximum atomic E-state index is 11.6. The first-order chi connectivity index (χ1) is 9.69. The number of carbonyl (C=O) groups is 1. The van der Waals surface area contributed by atoms with Gasteiger partial charge in [0.15, 0.2) is 5.82 Å². The molecule has 0 aliphatic carbocycles. The number of aryl methyl sites for hydroxylation is 2. The van der Waals surface area contributed by atoms with Gasteiger partial charge in [0.05, 0.1) is 0 Å². The fraction of sp³-hybridized carbons (Fsp3) is 0.385. The molecule has 0 unspecified atom stereocenters. The van der Waals surface area contributed by atoms with E-state index in [1.54, 1.807) is 12.4 Å². The van der Waals surface area contributed by atoms with E-state index in [1.807, 2.05) is 19.9 Å². The molecular weight excluding hydrogens is 258 g/mol. The molecule has 7 heteroatoms. The number of aromatic nitrogens is 3. The van der Waals surface area contributed by atoms with E-state index >= 15 is 0 Å².